The molecular formula is C16H24O3. The lowest BCUT2D eigenvalue weighted by Gasteiger charge is -2.38. The van der Waals surface area contributed by atoms with Crippen LogP contribution in [0.3, 0.4) is 0 Å². The Morgan fingerprint density at radius 2 is 2.11 bits per heavy atom. The largest absolute Gasteiger partial charge is 0.491 e. The van der Waals surface area contributed by atoms with Crippen molar-refractivity contribution in [2.45, 2.75) is 57.8 Å². The zero-order chi connectivity index (χ0) is 13.9. The van der Waals surface area contributed by atoms with Crippen LogP contribution in [0, 0.1) is 0 Å². The van der Waals surface area contributed by atoms with E-state index >= 15 is 0 Å². The van der Waals surface area contributed by atoms with Crippen molar-refractivity contribution < 1.29 is 14.6 Å². The number of aliphatic hydroxyl groups excluding tert-OH is 1. The Balaban J connectivity index is 2.16. The van der Waals surface area contributed by atoms with Crippen molar-refractivity contribution in [2.24, 2.45) is 0 Å². The van der Waals surface area contributed by atoms with Gasteiger partial charge in [-0.25, -0.2) is 0 Å². The van der Waals surface area contributed by atoms with Crippen LogP contribution in [0.2, 0.25) is 0 Å². The fraction of sp³-hybridized carbons (Fsp3) is 0.625. The molecule has 2 atom stereocenters. The zero-order valence-corrected chi connectivity index (χ0v) is 12.1. The van der Waals surface area contributed by atoms with Crippen molar-refractivity contribution in [1.29, 1.82) is 0 Å². The summed E-state index contributed by atoms with van der Waals surface area (Å²) in [5.74, 6) is 0.797. The van der Waals surface area contributed by atoms with E-state index in [-0.39, 0.29) is 6.10 Å². The second-order valence-electron chi connectivity index (χ2n) is 5.76. The van der Waals surface area contributed by atoms with Gasteiger partial charge in [-0.1, -0.05) is 12.1 Å². The van der Waals surface area contributed by atoms with Gasteiger partial charge in [0.25, 0.3) is 0 Å². The molecule has 1 aromatic carbocycles. The molecule has 1 N–H and O–H groups in total. The first kappa shape index (κ1) is 14.4. The van der Waals surface area contributed by atoms with Crippen LogP contribution in [0.25, 0.3) is 0 Å². The maximum atomic E-state index is 10.6. The SMILES string of the molecule is CC(C)Oc1cccc(C(O)C2(C)CCCCO2)c1. The summed E-state index contributed by atoms with van der Waals surface area (Å²) in [6.07, 6.45) is 2.61. The minimum atomic E-state index is -0.608. The highest BCUT2D eigenvalue weighted by atomic mass is 16.5. The molecule has 1 aliphatic heterocycles. The molecule has 0 amide bonds. The molecule has 1 fully saturated rings. The highest BCUT2D eigenvalue weighted by molar-refractivity contribution is 5.31. The second kappa shape index (κ2) is 5.93. The number of rotatable bonds is 4. The zero-order valence-electron chi connectivity index (χ0n) is 12.1. The van der Waals surface area contributed by atoms with Crippen molar-refractivity contribution in [2.75, 3.05) is 6.61 Å². The average Bonchev–Trinajstić information content (AvgIpc) is 2.38. The molecule has 3 heteroatoms. The van der Waals surface area contributed by atoms with Crippen LogP contribution in [-0.4, -0.2) is 23.4 Å². The monoisotopic (exact) mass is 264 g/mol. The highest BCUT2D eigenvalue weighted by Gasteiger charge is 2.36. The van der Waals surface area contributed by atoms with Crippen molar-refractivity contribution in [3.8, 4) is 5.75 Å². The van der Waals surface area contributed by atoms with E-state index in [9.17, 15) is 5.11 Å². The minimum absolute atomic E-state index is 0.133. The Hall–Kier alpha value is -1.06. The molecule has 0 bridgehead atoms. The maximum absolute atomic E-state index is 10.6. The van der Waals surface area contributed by atoms with Gasteiger partial charge in [-0.3, -0.25) is 0 Å². The third kappa shape index (κ3) is 3.48. The van der Waals surface area contributed by atoms with Crippen LogP contribution < -0.4 is 4.74 Å². The Labute approximate surface area is 115 Å². The van der Waals surface area contributed by atoms with Crippen LogP contribution in [0.15, 0.2) is 24.3 Å². The first-order chi connectivity index (χ1) is 9.01. The van der Waals surface area contributed by atoms with Gasteiger partial charge in [-0.05, 0) is 57.7 Å². The van der Waals surface area contributed by atoms with E-state index in [1.807, 2.05) is 45.0 Å². The van der Waals surface area contributed by atoms with Gasteiger partial charge >= 0.3 is 0 Å². The van der Waals surface area contributed by atoms with Gasteiger partial charge in [-0.15, -0.1) is 0 Å². The van der Waals surface area contributed by atoms with Gasteiger partial charge in [0.1, 0.15) is 11.9 Å². The molecule has 0 radical (unpaired) electrons. The molecule has 2 unspecified atom stereocenters. The summed E-state index contributed by atoms with van der Waals surface area (Å²) in [6.45, 7) is 6.71. The summed E-state index contributed by atoms with van der Waals surface area (Å²) in [6, 6.07) is 7.68. The molecule has 1 aliphatic rings. The van der Waals surface area contributed by atoms with E-state index in [1.54, 1.807) is 0 Å². The van der Waals surface area contributed by atoms with E-state index in [0.29, 0.717) is 0 Å². The molecule has 0 aromatic heterocycles. The predicted molar refractivity (Wildman–Crippen MR) is 75.4 cm³/mol. The molecule has 0 saturated carbocycles. The van der Waals surface area contributed by atoms with Crippen LogP contribution in [0.4, 0.5) is 0 Å². The molecule has 19 heavy (non-hydrogen) atoms. The number of aliphatic hydroxyl groups is 1. The summed E-state index contributed by atoms with van der Waals surface area (Å²) in [7, 11) is 0. The molecule has 0 spiro atoms. The fourth-order valence-corrected chi connectivity index (χ4v) is 2.55. The quantitative estimate of drug-likeness (QED) is 0.905. The lowest BCUT2D eigenvalue weighted by molar-refractivity contribution is -0.138. The average molecular weight is 264 g/mol. The molecule has 3 nitrogen and oxygen atoms in total. The van der Waals surface area contributed by atoms with Crippen LogP contribution >= 0.6 is 0 Å². The molecule has 1 heterocycles. The van der Waals surface area contributed by atoms with E-state index in [0.717, 1.165) is 37.2 Å². The summed E-state index contributed by atoms with van der Waals surface area (Å²) >= 11 is 0. The Morgan fingerprint density at radius 1 is 1.32 bits per heavy atom. The third-order valence-electron chi connectivity index (χ3n) is 3.62. The van der Waals surface area contributed by atoms with Crippen LogP contribution in [-0.2, 0) is 4.74 Å². The molecular weight excluding hydrogens is 240 g/mol. The summed E-state index contributed by atoms with van der Waals surface area (Å²) in [4.78, 5) is 0. The van der Waals surface area contributed by atoms with E-state index < -0.39 is 11.7 Å². The first-order valence-corrected chi connectivity index (χ1v) is 7.10. The fourth-order valence-electron chi connectivity index (χ4n) is 2.55. The van der Waals surface area contributed by atoms with Gasteiger partial charge in [0, 0.05) is 6.61 Å². The lowest BCUT2D eigenvalue weighted by Crippen LogP contribution is -2.39. The molecule has 0 aliphatic carbocycles. The van der Waals surface area contributed by atoms with Gasteiger partial charge < -0.3 is 14.6 Å². The van der Waals surface area contributed by atoms with E-state index in [2.05, 4.69) is 0 Å². The van der Waals surface area contributed by atoms with Crippen LogP contribution in [0.1, 0.15) is 51.7 Å². The molecule has 1 saturated heterocycles. The Morgan fingerprint density at radius 3 is 2.74 bits per heavy atom. The number of hydrogen-bond donors (Lipinski definition) is 1. The molecule has 1 aromatic rings. The number of ether oxygens (including phenoxy) is 2. The van der Waals surface area contributed by atoms with Crippen molar-refractivity contribution >= 4 is 0 Å². The van der Waals surface area contributed by atoms with Gasteiger partial charge in [0.15, 0.2) is 0 Å². The van der Waals surface area contributed by atoms with E-state index in [1.165, 1.54) is 0 Å². The molecule has 106 valence electrons. The number of hydrogen-bond acceptors (Lipinski definition) is 3. The Kier molecular flexibility index (Phi) is 4.48. The number of benzene rings is 1. The smallest absolute Gasteiger partial charge is 0.120 e. The van der Waals surface area contributed by atoms with Crippen molar-refractivity contribution in [3.05, 3.63) is 29.8 Å². The topological polar surface area (TPSA) is 38.7 Å². The van der Waals surface area contributed by atoms with Gasteiger partial charge in [0.2, 0.25) is 0 Å². The minimum Gasteiger partial charge on any atom is -0.491 e. The summed E-state index contributed by atoms with van der Waals surface area (Å²) in [5.41, 5.74) is 0.386. The van der Waals surface area contributed by atoms with Crippen molar-refractivity contribution in [1.82, 2.24) is 0 Å². The molecule has 2 rings (SSSR count). The van der Waals surface area contributed by atoms with E-state index in [4.69, 9.17) is 9.47 Å². The predicted octanol–water partition coefficient (Wildman–Crippen LogP) is 3.47. The Bertz CT molecular complexity index is 408. The van der Waals surface area contributed by atoms with Crippen LogP contribution in [0.5, 0.6) is 5.75 Å². The highest BCUT2D eigenvalue weighted by Crippen LogP contribution is 2.37. The lowest BCUT2D eigenvalue weighted by atomic mass is 9.86. The second-order valence-corrected chi connectivity index (χ2v) is 5.76. The van der Waals surface area contributed by atoms with Crippen molar-refractivity contribution in [3.63, 3.8) is 0 Å². The third-order valence-corrected chi connectivity index (χ3v) is 3.62. The maximum Gasteiger partial charge on any atom is 0.120 e. The normalized spacial score (nSPS) is 25.3. The summed E-state index contributed by atoms with van der Waals surface area (Å²) < 4.78 is 11.5. The van der Waals surface area contributed by atoms with Gasteiger partial charge in [0.05, 0.1) is 11.7 Å². The van der Waals surface area contributed by atoms with Gasteiger partial charge in [-0.2, -0.15) is 0 Å². The first-order valence-electron chi connectivity index (χ1n) is 7.10. The standard InChI is InChI=1S/C16H24O3/c1-12(2)19-14-8-6-7-13(11-14)15(17)16(3)9-4-5-10-18-16/h6-8,11-12,15,17H,4-5,9-10H2,1-3H3. The summed E-state index contributed by atoms with van der Waals surface area (Å²) in [5, 5.41) is 10.6.